The highest BCUT2D eigenvalue weighted by molar-refractivity contribution is 7.89. The molecule has 1 amide bonds. The smallest absolute Gasteiger partial charge is 0.243 e. The highest BCUT2D eigenvalue weighted by Crippen LogP contribution is 2.21. The third-order valence-corrected chi connectivity index (χ3v) is 8.16. The van der Waals surface area contributed by atoms with Crippen LogP contribution in [-0.2, 0) is 14.8 Å². The number of amides is 1. The Labute approximate surface area is 169 Å². The summed E-state index contributed by atoms with van der Waals surface area (Å²) in [7, 11) is -3.49. The highest BCUT2D eigenvalue weighted by atomic mass is 32.2. The minimum absolute atomic E-state index is 0.0670. The second-order valence-corrected chi connectivity index (χ2v) is 10.1. The van der Waals surface area contributed by atoms with Gasteiger partial charge in [0.05, 0.1) is 10.9 Å². The zero-order chi connectivity index (χ0) is 20.3. The molecule has 1 saturated carbocycles. The van der Waals surface area contributed by atoms with Gasteiger partial charge in [0, 0.05) is 32.2 Å². The van der Waals surface area contributed by atoms with E-state index in [-0.39, 0.29) is 11.9 Å². The van der Waals surface area contributed by atoms with Gasteiger partial charge in [-0.05, 0) is 56.9 Å². The first kappa shape index (κ1) is 21.3. The Bertz CT molecular complexity index is 795. The minimum atomic E-state index is -3.49. The van der Waals surface area contributed by atoms with Crippen LogP contribution in [-0.4, -0.2) is 61.8 Å². The molecule has 0 radical (unpaired) electrons. The van der Waals surface area contributed by atoms with Crippen molar-refractivity contribution in [3.8, 4) is 0 Å². The van der Waals surface area contributed by atoms with Crippen LogP contribution in [0.15, 0.2) is 23.1 Å². The van der Waals surface area contributed by atoms with E-state index in [9.17, 15) is 13.2 Å². The number of hydrogen-bond donors (Lipinski definition) is 1. The maximum Gasteiger partial charge on any atom is 0.243 e. The van der Waals surface area contributed by atoms with Gasteiger partial charge in [0.2, 0.25) is 15.9 Å². The Hall–Kier alpha value is -1.44. The standard InChI is InChI=1S/C21H33N3O3S/c1-16-9-10-20(15-17(16)2)28(26,27)24-13-11-23(12-14-24)18(3)21(25)22-19-7-5-4-6-8-19/h9-10,15,18-19H,4-8,11-14H2,1-3H3,(H,22,25). The SMILES string of the molecule is Cc1ccc(S(=O)(=O)N2CCN(C(C)C(=O)NC3CCCCC3)CC2)cc1C. The lowest BCUT2D eigenvalue weighted by Gasteiger charge is -2.37. The van der Waals surface area contributed by atoms with Gasteiger partial charge >= 0.3 is 0 Å². The van der Waals surface area contributed by atoms with Crippen molar-refractivity contribution in [2.75, 3.05) is 26.2 Å². The van der Waals surface area contributed by atoms with Gasteiger partial charge in [-0.3, -0.25) is 9.69 Å². The number of carbonyl (C=O) groups is 1. The summed E-state index contributed by atoms with van der Waals surface area (Å²) in [5, 5.41) is 3.18. The Balaban J connectivity index is 1.57. The molecular weight excluding hydrogens is 374 g/mol. The molecule has 1 aromatic carbocycles. The third kappa shape index (κ3) is 4.75. The summed E-state index contributed by atoms with van der Waals surface area (Å²) >= 11 is 0. The van der Waals surface area contributed by atoms with E-state index in [2.05, 4.69) is 10.2 Å². The van der Waals surface area contributed by atoms with Crippen LogP contribution in [0.1, 0.15) is 50.2 Å². The zero-order valence-corrected chi connectivity index (χ0v) is 18.1. The molecule has 1 N–H and O–H groups in total. The summed E-state index contributed by atoms with van der Waals surface area (Å²) in [6.45, 7) is 7.80. The summed E-state index contributed by atoms with van der Waals surface area (Å²) in [5.74, 6) is 0.0670. The average Bonchev–Trinajstić information content (AvgIpc) is 2.70. The molecule has 0 aromatic heterocycles. The van der Waals surface area contributed by atoms with E-state index in [0.717, 1.165) is 24.0 Å². The number of carbonyl (C=O) groups excluding carboxylic acids is 1. The van der Waals surface area contributed by atoms with Gasteiger partial charge in [-0.15, -0.1) is 0 Å². The van der Waals surface area contributed by atoms with Crippen molar-refractivity contribution in [3.63, 3.8) is 0 Å². The molecular formula is C21H33N3O3S. The molecule has 2 fully saturated rings. The van der Waals surface area contributed by atoms with Gasteiger partial charge in [-0.2, -0.15) is 4.31 Å². The van der Waals surface area contributed by atoms with Crippen LogP contribution in [0.2, 0.25) is 0 Å². The Morgan fingerprint density at radius 1 is 1.04 bits per heavy atom. The largest absolute Gasteiger partial charge is 0.352 e. The van der Waals surface area contributed by atoms with E-state index in [1.54, 1.807) is 16.4 Å². The second kappa shape index (κ2) is 8.93. The van der Waals surface area contributed by atoms with E-state index in [0.29, 0.717) is 37.1 Å². The summed E-state index contributed by atoms with van der Waals surface area (Å²) in [6.07, 6.45) is 5.78. The maximum absolute atomic E-state index is 13.0. The van der Waals surface area contributed by atoms with Crippen LogP contribution in [0.5, 0.6) is 0 Å². The number of hydrogen-bond acceptors (Lipinski definition) is 4. The number of nitrogens with zero attached hydrogens (tertiary/aromatic N) is 2. The fourth-order valence-electron chi connectivity index (χ4n) is 4.09. The zero-order valence-electron chi connectivity index (χ0n) is 17.3. The quantitative estimate of drug-likeness (QED) is 0.814. The van der Waals surface area contributed by atoms with Gasteiger partial charge in [-0.25, -0.2) is 8.42 Å². The van der Waals surface area contributed by atoms with Crippen LogP contribution in [0.3, 0.4) is 0 Å². The topological polar surface area (TPSA) is 69.7 Å². The summed E-state index contributed by atoms with van der Waals surface area (Å²) in [4.78, 5) is 15.0. The van der Waals surface area contributed by atoms with Crippen LogP contribution >= 0.6 is 0 Å². The van der Waals surface area contributed by atoms with E-state index >= 15 is 0 Å². The predicted octanol–water partition coefficient (Wildman–Crippen LogP) is 2.45. The third-order valence-electron chi connectivity index (χ3n) is 6.27. The molecule has 156 valence electrons. The Kier molecular flexibility index (Phi) is 6.78. The number of aryl methyl sites for hydroxylation is 2. The monoisotopic (exact) mass is 407 g/mol. The number of nitrogens with one attached hydrogen (secondary N) is 1. The second-order valence-electron chi connectivity index (χ2n) is 8.21. The van der Waals surface area contributed by atoms with Crippen molar-refractivity contribution in [2.45, 2.75) is 69.9 Å². The number of rotatable bonds is 5. The van der Waals surface area contributed by atoms with E-state index in [1.165, 1.54) is 19.3 Å². The van der Waals surface area contributed by atoms with Crippen molar-refractivity contribution in [1.29, 1.82) is 0 Å². The molecule has 2 aliphatic rings. The molecule has 3 rings (SSSR count). The number of sulfonamides is 1. The van der Waals surface area contributed by atoms with E-state index < -0.39 is 10.0 Å². The molecule has 1 aliphatic carbocycles. The lowest BCUT2D eigenvalue weighted by molar-refractivity contribution is -0.127. The first-order valence-electron chi connectivity index (χ1n) is 10.4. The summed E-state index contributed by atoms with van der Waals surface area (Å²) in [5.41, 5.74) is 2.06. The lowest BCUT2D eigenvalue weighted by Crippen LogP contribution is -2.55. The molecule has 1 heterocycles. The van der Waals surface area contributed by atoms with Gasteiger partial charge in [0.1, 0.15) is 0 Å². The van der Waals surface area contributed by atoms with Gasteiger partial charge in [0.15, 0.2) is 0 Å². The van der Waals surface area contributed by atoms with Crippen LogP contribution in [0.25, 0.3) is 0 Å². The molecule has 1 aromatic rings. The predicted molar refractivity (Wildman–Crippen MR) is 111 cm³/mol. The number of benzene rings is 1. The van der Waals surface area contributed by atoms with Crippen molar-refractivity contribution in [2.24, 2.45) is 0 Å². The molecule has 7 heteroatoms. The summed E-state index contributed by atoms with van der Waals surface area (Å²) in [6, 6.07) is 5.36. The molecule has 6 nitrogen and oxygen atoms in total. The van der Waals surface area contributed by atoms with Crippen LogP contribution < -0.4 is 5.32 Å². The molecule has 0 bridgehead atoms. The summed E-state index contributed by atoms with van der Waals surface area (Å²) < 4.78 is 27.4. The van der Waals surface area contributed by atoms with Crippen molar-refractivity contribution >= 4 is 15.9 Å². The fourth-order valence-corrected chi connectivity index (χ4v) is 5.60. The number of piperazine rings is 1. The normalized spacial score (nSPS) is 21.4. The van der Waals surface area contributed by atoms with Gasteiger partial charge in [0.25, 0.3) is 0 Å². The fraction of sp³-hybridized carbons (Fsp3) is 0.667. The van der Waals surface area contributed by atoms with Crippen LogP contribution in [0.4, 0.5) is 0 Å². The Morgan fingerprint density at radius 3 is 2.29 bits per heavy atom. The van der Waals surface area contributed by atoms with Crippen LogP contribution in [0, 0.1) is 13.8 Å². The van der Waals surface area contributed by atoms with Crippen molar-refractivity contribution in [3.05, 3.63) is 29.3 Å². The van der Waals surface area contributed by atoms with Gasteiger partial charge < -0.3 is 5.32 Å². The Morgan fingerprint density at radius 2 is 1.68 bits per heavy atom. The van der Waals surface area contributed by atoms with Gasteiger partial charge in [-0.1, -0.05) is 25.3 Å². The molecule has 0 spiro atoms. The van der Waals surface area contributed by atoms with Crippen molar-refractivity contribution < 1.29 is 13.2 Å². The molecule has 28 heavy (non-hydrogen) atoms. The average molecular weight is 408 g/mol. The lowest BCUT2D eigenvalue weighted by atomic mass is 9.95. The first-order chi connectivity index (χ1) is 13.3. The van der Waals surface area contributed by atoms with E-state index in [1.807, 2.05) is 26.8 Å². The molecule has 1 atom stereocenters. The maximum atomic E-state index is 13.0. The molecule has 1 unspecified atom stereocenters. The minimum Gasteiger partial charge on any atom is -0.352 e. The van der Waals surface area contributed by atoms with E-state index in [4.69, 9.17) is 0 Å². The molecule has 1 saturated heterocycles. The molecule has 1 aliphatic heterocycles. The van der Waals surface area contributed by atoms with Crippen molar-refractivity contribution in [1.82, 2.24) is 14.5 Å². The first-order valence-corrected chi connectivity index (χ1v) is 11.8. The highest BCUT2D eigenvalue weighted by Gasteiger charge is 2.32.